The van der Waals surface area contributed by atoms with E-state index >= 15 is 0 Å². The summed E-state index contributed by atoms with van der Waals surface area (Å²) in [5.74, 6) is 0.946. The van der Waals surface area contributed by atoms with E-state index in [1.807, 2.05) is 0 Å². The zero-order valence-corrected chi connectivity index (χ0v) is 11.2. The van der Waals surface area contributed by atoms with Gasteiger partial charge in [-0.05, 0) is 51.7 Å². The van der Waals surface area contributed by atoms with Crippen LogP contribution in [0.15, 0.2) is 0 Å². The Hall–Kier alpha value is -0.610. The fourth-order valence-electron chi connectivity index (χ4n) is 2.28. The van der Waals surface area contributed by atoms with Crippen molar-refractivity contribution in [3.8, 4) is 0 Å². The summed E-state index contributed by atoms with van der Waals surface area (Å²) < 4.78 is 0. The predicted molar refractivity (Wildman–Crippen MR) is 71.0 cm³/mol. The Kier molecular flexibility index (Phi) is 7.21. The van der Waals surface area contributed by atoms with Gasteiger partial charge in [-0.2, -0.15) is 0 Å². The average Bonchev–Trinajstić information content (AvgIpc) is 2.35. The highest BCUT2D eigenvalue weighted by atomic mass is 16.1. The maximum absolute atomic E-state index is 11.6. The minimum atomic E-state index is 0.202. The largest absolute Gasteiger partial charge is 0.355 e. The van der Waals surface area contributed by atoms with E-state index in [2.05, 4.69) is 29.8 Å². The third kappa shape index (κ3) is 6.64. The molecular formula is C13H27N3O. The Morgan fingerprint density at radius 3 is 2.76 bits per heavy atom. The molecule has 0 aromatic rings. The van der Waals surface area contributed by atoms with Gasteiger partial charge in [-0.25, -0.2) is 0 Å². The smallest absolute Gasteiger partial charge is 0.220 e. The van der Waals surface area contributed by atoms with Crippen molar-refractivity contribution in [2.24, 2.45) is 5.92 Å². The van der Waals surface area contributed by atoms with E-state index in [0.717, 1.165) is 38.5 Å². The van der Waals surface area contributed by atoms with Gasteiger partial charge in [-0.3, -0.25) is 4.79 Å². The van der Waals surface area contributed by atoms with Crippen LogP contribution in [0.2, 0.25) is 0 Å². The van der Waals surface area contributed by atoms with Gasteiger partial charge >= 0.3 is 0 Å². The van der Waals surface area contributed by atoms with Gasteiger partial charge in [0.05, 0.1) is 0 Å². The molecule has 0 aliphatic carbocycles. The van der Waals surface area contributed by atoms with Crippen LogP contribution in [-0.2, 0) is 4.79 Å². The lowest BCUT2D eigenvalue weighted by Gasteiger charge is -2.22. The highest BCUT2D eigenvalue weighted by Gasteiger charge is 2.14. The highest BCUT2D eigenvalue weighted by molar-refractivity contribution is 5.75. The lowest BCUT2D eigenvalue weighted by molar-refractivity contribution is -0.121. The van der Waals surface area contributed by atoms with E-state index in [-0.39, 0.29) is 5.91 Å². The number of amides is 1. The van der Waals surface area contributed by atoms with Gasteiger partial charge in [0.2, 0.25) is 5.91 Å². The van der Waals surface area contributed by atoms with E-state index in [9.17, 15) is 4.79 Å². The molecule has 1 atom stereocenters. The minimum Gasteiger partial charge on any atom is -0.355 e. The molecule has 0 spiro atoms. The number of hydrogen-bond acceptors (Lipinski definition) is 3. The lowest BCUT2D eigenvalue weighted by atomic mass is 9.93. The van der Waals surface area contributed by atoms with Gasteiger partial charge in [-0.15, -0.1) is 0 Å². The second-order valence-electron chi connectivity index (χ2n) is 4.99. The molecule has 0 aromatic carbocycles. The van der Waals surface area contributed by atoms with Crippen molar-refractivity contribution < 1.29 is 4.79 Å². The van der Waals surface area contributed by atoms with Crippen molar-refractivity contribution in [2.45, 2.75) is 45.6 Å². The third-order valence-corrected chi connectivity index (χ3v) is 3.40. The predicted octanol–water partition coefficient (Wildman–Crippen LogP) is 0.880. The summed E-state index contributed by atoms with van der Waals surface area (Å²) in [6, 6.07) is 0.364. The first kappa shape index (κ1) is 14.5. The molecule has 4 heteroatoms. The Morgan fingerprint density at radius 2 is 2.12 bits per heavy atom. The average molecular weight is 241 g/mol. The summed E-state index contributed by atoms with van der Waals surface area (Å²) in [6.07, 6.45) is 4.18. The van der Waals surface area contributed by atoms with Crippen molar-refractivity contribution in [3.63, 3.8) is 0 Å². The number of piperidine rings is 1. The standard InChI is InChI=1S/C13H27N3O/c1-3-15-11(2)10-16-13(17)5-4-12-6-8-14-9-7-12/h11-12,14-15H,3-10H2,1-2H3,(H,16,17)/t11-/m1/s1. The summed E-state index contributed by atoms with van der Waals surface area (Å²) >= 11 is 0. The minimum absolute atomic E-state index is 0.202. The summed E-state index contributed by atoms with van der Waals surface area (Å²) in [5, 5.41) is 9.62. The molecule has 1 aliphatic heterocycles. The molecule has 100 valence electrons. The van der Waals surface area contributed by atoms with Crippen LogP contribution in [0.5, 0.6) is 0 Å². The first-order valence-corrected chi connectivity index (χ1v) is 6.93. The van der Waals surface area contributed by atoms with Crippen LogP contribution < -0.4 is 16.0 Å². The zero-order valence-electron chi connectivity index (χ0n) is 11.2. The van der Waals surface area contributed by atoms with Crippen LogP contribution in [0, 0.1) is 5.92 Å². The number of rotatable bonds is 7. The molecule has 0 saturated carbocycles. The van der Waals surface area contributed by atoms with E-state index in [4.69, 9.17) is 0 Å². The number of carbonyl (C=O) groups excluding carboxylic acids is 1. The van der Waals surface area contributed by atoms with Crippen LogP contribution in [0.25, 0.3) is 0 Å². The molecule has 0 radical (unpaired) electrons. The molecule has 1 rings (SSSR count). The van der Waals surface area contributed by atoms with Crippen LogP contribution in [0.1, 0.15) is 39.5 Å². The van der Waals surface area contributed by atoms with Crippen LogP contribution in [-0.4, -0.2) is 38.1 Å². The van der Waals surface area contributed by atoms with Gasteiger partial charge in [0.1, 0.15) is 0 Å². The second-order valence-corrected chi connectivity index (χ2v) is 4.99. The molecule has 0 aromatic heterocycles. The number of hydrogen-bond donors (Lipinski definition) is 3. The molecule has 1 fully saturated rings. The molecule has 3 N–H and O–H groups in total. The Labute approximate surface area is 105 Å². The van der Waals surface area contributed by atoms with Crippen molar-refractivity contribution in [2.75, 3.05) is 26.2 Å². The highest BCUT2D eigenvalue weighted by Crippen LogP contribution is 2.17. The molecule has 0 unspecified atom stereocenters. The Morgan fingerprint density at radius 1 is 1.41 bits per heavy atom. The summed E-state index contributed by atoms with van der Waals surface area (Å²) in [7, 11) is 0. The Balaban J connectivity index is 2.04. The summed E-state index contributed by atoms with van der Waals surface area (Å²) in [5.41, 5.74) is 0. The van der Waals surface area contributed by atoms with E-state index < -0.39 is 0 Å². The monoisotopic (exact) mass is 241 g/mol. The lowest BCUT2D eigenvalue weighted by Crippen LogP contribution is -2.39. The number of nitrogens with one attached hydrogen (secondary N) is 3. The number of carbonyl (C=O) groups is 1. The zero-order chi connectivity index (χ0) is 12.5. The van der Waals surface area contributed by atoms with Crippen molar-refractivity contribution >= 4 is 5.91 Å². The quantitative estimate of drug-likeness (QED) is 0.620. The third-order valence-electron chi connectivity index (χ3n) is 3.40. The maximum Gasteiger partial charge on any atom is 0.220 e. The fourth-order valence-corrected chi connectivity index (χ4v) is 2.28. The summed E-state index contributed by atoms with van der Waals surface area (Å²) in [6.45, 7) is 8.09. The molecule has 1 aliphatic rings. The molecular weight excluding hydrogens is 214 g/mol. The van der Waals surface area contributed by atoms with Crippen molar-refractivity contribution in [1.82, 2.24) is 16.0 Å². The van der Waals surface area contributed by atoms with E-state index in [1.165, 1.54) is 12.8 Å². The molecule has 1 saturated heterocycles. The molecule has 0 bridgehead atoms. The van der Waals surface area contributed by atoms with Crippen LogP contribution in [0.4, 0.5) is 0 Å². The van der Waals surface area contributed by atoms with Gasteiger partial charge < -0.3 is 16.0 Å². The van der Waals surface area contributed by atoms with Gasteiger partial charge in [0, 0.05) is 19.0 Å². The second kappa shape index (κ2) is 8.48. The van der Waals surface area contributed by atoms with Crippen LogP contribution in [0.3, 0.4) is 0 Å². The van der Waals surface area contributed by atoms with Gasteiger partial charge in [-0.1, -0.05) is 6.92 Å². The van der Waals surface area contributed by atoms with Gasteiger partial charge in [0.25, 0.3) is 0 Å². The molecule has 1 heterocycles. The normalized spacial score (nSPS) is 18.9. The molecule has 17 heavy (non-hydrogen) atoms. The van der Waals surface area contributed by atoms with Crippen LogP contribution >= 0.6 is 0 Å². The SMILES string of the molecule is CCN[C@H](C)CNC(=O)CCC1CCNCC1. The summed E-state index contributed by atoms with van der Waals surface area (Å²) in [4.78, 5) is 11.6. The molecule has 4 nitrogen and oxygen atoms in total. The van der Waals surface area contributed by atoms with Crippen molar-refractivity contribution in [3.05, 3.63) is 0 Å². The molecule has 1 amide bonds. The van der Waals surface area contributed by atoms with Crippen molar-refractivity contribution in [1.29, 1.82) is 0 Å². The fraction of sp³-hybridized carbons (Fsp3) is 0.923. The first-order valence-electron chi connectivity index (χ1n) is 6.93. The first-order chi connectivity index (χ1) is 8.22. The maximum atomic E-state index is 11.6. The number of likely N-dealkylation sites (N-methyl/N-ethyl adjacent to an activating group) is 1. The van der Waals surface area contributed by atoms with E-state index in [1.54, 1.807) is 0 Å². The Bertz CT molecular complexity index is 215. The topological polar surface area (TPSA) is 53.2 Å². The van der Waals surface area contributed by atoms with Gasteiger partial charge in [0.15, 0.2) is 0 Å². The van der Waals surface area contributed by atoms with E-state index in [0.29, 0.717) is 12.5 Å².